The second kappa shape index (κ2) is 8.88. The van der Waals surface area contributed by atoms with Crippen LogP contribution >= 0.6 is 0 Å². The van der Waals surface area contributed by atoms with Crippen molar-refractivity contribution in [2.45, 2.75) is 6.18 Å². The number of nitrogens with zero attached hydrogens (tertiary/aromatic N) is 1. The molecule has 0 amide bonds. The fourth-order valence-electron chi connectivity index (χ4n) is 2.20. The number of benzene rings is 2. The van der Waals surface area contributed by atoms with Gasteiger partial charge in [-0.15, -0.1) is 29.8 Å². The fourth-order valence-corrected chi connectivity index (χ4v) is 2.20. The number of pyridine rings is 1. The SMILES string of the molecule is O=C(c1ccccc1)c1ccc(-c2[c-]cc(C(F)(F)F)cc2)nc1.[CH3-].[Ir]. The maximum absolute atomic E-state index is 12.6. The molecule has 0 aliphatic heterocycles. The van der Waals surface area contributed by atoms with Gasteiger partial charge in [0.1, 0.15) is 0 Å². The van der Waals surface area contributed by atoms with Crippen LogP contribution in [0.15, 0.2) is 66.9 Å². The summed E-state index contributed by atoms with van der Waals surface area (Å²) in [4.78, 5) is 16.4. The molecule has 0 N–H and O–H groups in total. The monoisotopic (exact) mass is 534 g/mol. The molecule has 0 spiro atoms. The van der Waals surface area contributed by atoms with E-state index in [0.29, 0.717) is 22.4 Å². The van der Waals surface area contributed by atoms with Crippen LogP contribution in [0.4, 0.5) is 13.2 Å². The van der Waals surface area contributed by atoms with E-state index in [4.69, 9.17) is 0 Å². The van der Waals surface area contributed by atoms with Gasteiger partial charge < -0.3 is 12.4 Å². The number of aromatic nitrogens is 1. The Morgan fingerprint density at radius 2 is 1.62 bits per heavy atom. The second-order valence-corrected chi connectivity index (χ2v) is 5.12. The summed E-state index contributed by atoms with van der Waals surface area (Å²) in [5, 5.41) is 0. The summed E-state index contributed by atoms with van der Waals surface area (Å²) in [6, 6.07) is 17.7. The van der Waals surface area contributed by atoms with E-state index < -0.39 is 11.7 Å². The zero-order valence-corrected chi connectivity index (χ0v) is 16.1. The van der Waals surface area contributed by atoms with Crippen LogP contribution in [-0.2, 0) is 26.3 Å². The van der Waals surface area contributed by atoms with Gasteiger partial charge in [0, 0.05) is 37.4 Å². The molecule has 2 aromatic carbocycles. The van der Waals surface area contributed by atoms with Gasteiger partial charge in [0.05, 0.1) is 0 Å². The molecule has 0 aliphatic carbocycles. The van der Waals surface area contributed by atoms with E-state index in [1.807, 2.05) is 6.07 Å². The molecule has 1 aromatic heterocycles. The Morgan fingerprint density at radius 1 is 0.923 bits per heavy atom. The zero-order valence-electron chi connectivity index (χ0n) is 13.7. The van der Waals surface area contributed by atoms with Crippen molar-refractivity contribution in [2.24, 2.45) is 0 Å². The molecule has 0 bridgehead atoms. The Morgan fingerprint density at radius 3 is 2.12 bits per heavy atom. The molecule has 1 radical (unpaired) electrons. The first kappa shape index (κ1) is 21.7. The fraction of sp³-hybridized carbons (Fsp3) is 0.0500. The van der Waals surface area contributed by atoms with Crippen molar-refractivity contribution in [2.75, 3.05) is 0 Å². The molecule has 6 heteroatoms. The van der Waals surface area contributed by atoms with Crippen molar-refractivity contribution < 1.29 is 38.1 Å². The molecule has 137 valence electrons. The van der Waals surface area contributed by atoms with Crippen LogP contribution in [0.2, 0.25) is 0 Å². The summed E-state index contributed by atoms with van der Waals surface area (Å²) in [7, 11) is 0. The standard InChI is InChI=1S/C19H11F3NO.CH3.Ir/c20-19(21,22)16-9-6-13(7-10-16)17-11-8-15(12-23-17)18(24)14-4-2-1-3-5-14;;/h1-6,8-12H;1H3;/q2*-1;. The quantitative estimate of drug-likeness (QED) is 0.340. The van der Waals surface area contributed by atoms with Crippen LogP contribution in [0.5, 0.6) is 0 Å². The average molecular weight is 534 g/mol. The van der Waals surface area contributed by atoms with Gasteiger partial charge in [0.15, 0.2) is 5.78 Å². The van der Waals surface area contributed by atoms with Gasteiger partial charge in [0.2, 0.25) is 0 Å². The van der Waals surface area contributed by atoms with Crippen molar-refractivity contribution in [1.29, 1.82) is 0 Å². The maximum atomic E-state index is 12.6. The largest absolute Gasteiger partial charge is 0.381 e. The molecule has 0 aliphatic rings. The Bertz CT molecular complexity index is 845. The first-order chi connectivity index (χ1) is 11.4. The third kappa shape index (κ3) is 4.87. The van der Waals surface area contributed by atoms with Gasteiger partial charge in [-0.25, -0.2) is 0 Å². The van der Waals surface area contributed by atoms with Gasteiger partial charge in [-0.3, -0.25) is 4.79 Å². The number of hydrogen-bond donors (Lipinski definition) is 0. The second-order valence-electron chi connectivity index (χ2n) is 5.12. The molecular formula is C20H14F3IrNO-2. The summed E-state index contributed by atoms with van der Waals surface area (Å²) in [5.74, 6) is -0.161. The van der Waals surface area contributed by atoms with Crippen LogP contribution in [0.3, 0.4) is 0 Å². The molecule has 0 saturated heterocycles. The summed E-state index contributed by atoms with van der Waals surface area (Å²) in [6.45, 7) is 0. The zero-order chi connectivity index (χ0) is 17.2. The number of alkyl halides is 3. The maximum Gasteiger partial charge on any atom is 0.381 e. The Hall–Kier alpha value is -2.30. The number of halogens is 3. The van der Waals surface area contributed by atoms with Crippen molar-refractivity contribution in [3.63, 3.8) is 0 Å². The molecule has 0 fully saturated rings. The van der Waals surface area contributed by atoms with Gasteiger partial charge in [-0.2, -0.15) is 13.2 Å². The number of ketones is 1. The van der Waals surface area contributed by atoms with E-state index in [9.17, 15) is 18.0 Å². The Labute approximate surface area is 163 Å². The smallest absolute Gasteiger partial charge is 0.358 e. The van der Waals surface area contributed by atoms with Gasteiger partial charge >= 0.3 is 6.18 Å². The van der Waals surface area contributed by atoms with E-state index in [0.717, 1.165) is 12.1 Å². The molecule has 3 aromatic rings. The van der Waals surface area contributed by atoms with E-state index in [1.54, 1.807) is 36.4 Å². The minimum Gasteiger partial charge on any atom is -0.358 e. The number of carbonyl (C=O) groups is 1. The van der Waals surface area contributed by atoms with Crippen LogP contribution in [0, 0.1) is 13.5 Å². The first-order valence-electron chi connectivity index (χ1n) is 7.10. The minimum atomic E-state index is -4.39. The Balaban J connectivity index is 0.00000169. The van der Waals surface area contributed by atoms with E-state index >= 15 is 0 Å². The van der Waals surface area contributed by atoms with Crippen LogP contribution in [-0.4, -0.2) is 10.8 Å². The summed E-state index contributed by atoms with van der Waals surface area (Å²) >= 11 is 0. The average Bonchev–Trinajstić information content (AvgIpc) is 2.61. The minimum absolute atomic E-state index is 0. The third-order valence-electron chi connectivity index (χ3n) is 3.48. The van der Waals surface area contributed by atoms with Gasteiger partial charge in [-0.05, 0) is 11.3 Å². The van der Waals surface area contributed by atoms with Crippen LogP contribution in [0.1, 0.15) is 21.5 Å². The number of carbonyl (C=O) groups excluding carboxylic acids is 1. The third-order valence-corrected chi connectivity index (χ3v) is 3.48. The van der Waals surface area contributed by atoms with E-state index in [-0.39, 0.29) is 33.3 Å². The molecule has 1 heterocycles. The van der Waals surface area contributed by atoms with Crippen LogP contribution in [0.25, 0.3) is 11.3 Å². The predicted molar refractivity (Wildman–Crippen MR) is 89.8 cm³/mol. The summed E-state index contributed by atoms with van der Waals surface area (Å²) in [6.07, 6.45) is -2.98. The van der Waals surface area contributed by atoms with Gasteiger partial charge in [0.25, 0.3) is 0 Å². The van der Waals surface area contributed by atoms with Crippen molar-refractivity contribution >= 4 is 5.78 Å². The summed E-state index contributed by atoms with van der Waals surface area (Å²) in [5.41, 5.74) is 1.09. The molecule has 3 rings (SSSR count). The number of rotatable bonds is 3. The number of hydrogen-bond acceptors (Lipinski definition) is 2. The van der Waals surface area contributed by atoms with Crippen LogP contribution < -0.4 is 0 Å². The van der Waals surface area contributed by atoms with Crippen molar-refractivity contribution in [1.82, 2.24) is 4.98 Å². The van der Waals surface area contributed by atoms with Gasteiger partial charge in [-0.1, -0.05) is 42.5 Å². The van der Waals surface area contributed by atoms with E-state index in [2.05, 4.69) is 11.1 Å². The van der Waals surface area contributed by atoms with Crippen molar-refractivity contribution in [3.05, 3.63) is 97.0 Å². The normalized spacial score (nSPS) is 10.4. The molecule has 0 saturated carbocycles. The molecule has 0 unspecified atom stereocenters. The molecule has 26 heavy (non-hydrogen) atoms. The molecular weight excluding hydrogens is 519 g/mol. The topological polar surface area (TPSA) is 30.0 Å². The Kier molecular flexibility index (Phi) is 7.42. The molecule has 0 atom stereocenters. The van der Waals surface area contributed by atoms with Crippen molar-refractivity contribution in [3.8, 4) is 11.3 Å². The first-order valence-corrected chi connectivity index (χ1v) is 7.10. The predicted octanol–water partition coefficient (Wildman–Crippen LogP) is 5.25. The van der Waals surface area contributed by atoms with E-state index in [1.165, 1.54) is 12.3 Å². The summed E-state index contributed by atoms with van der Waals surface area (Å²) < 4.78 is 37.7. The molecule has 2 nitrogen and oxygen atoms in total.